The van der Waals surface area contributed by atoms with Gasteiger partial charge in [-0.25, -0.2) is 0 Å². The molecule has 7 nitrogen and oxygen atoms in total. The van der Waals surface area contributed by atoms with Crippen molar-refractivity contribution in [3.63, 3.8) is 0 Å². The van der Waals surface area contributed by atoms with Crippen molar-refractivity contribution in [2.45, 2.75) is 32.9 Å². The van der Waals surface area contributed by atoms with Crippen LogP contribution in [0.1, 0.15) is 31.1 Å². The largest absolute Gasteiger partial charge is 0.352 e. The number of carbonyl (C=O) groups is 2. The number of amides is 2. The van der Waals surface area contributed by atoms with Gasteiger partial charge in [-0.2, -0.15) is 4.39 Å². The lowest BCUT2D eigenvalue weighted by atomic mass is 10.1. The van der Waals surface area contributed by atoms with Gasteiger partial charge in [0.05, 0.1) is 4.92 Å². The first-order valence-electron chi connectivity index (χ1n) is 6.27. The van der Waals surface area contributed by atoms with Gasteiger partial charge in [-0.1, -0.05) is 0 Å². The van der Waals surface area contributed by atoms with Crippen molar-refractivity contribution in [3.8, 4) is 0 Å². The summed E-state index contributed by atoms with van der Waals surface area (Å²) in [5.41, 5.74) is -0.806. The molecule has 0 spiro atoms. The summed E-state index contributed by atoms with van der Waals surface area (Å²) in [5.74, 6) is -2.16. The highest BCUT2D eigenvalue weighted by atomic mass is 19.1. The first-order chi connectivity index (χ1) is 9.72. The fourth-order valence-corrected chi connectivity index (χ4v) is 1.55. The summed E-state index contributed by atoms with van der Waals surface area (Å²) in [6, 6.07) is 1.92. The molecule has 21 heavy (non-hydrogen) atoms. The summed E-state index contributed by atoms with van der Waals surface area (Å²) in [6.45, 7) is 5.04. The van der Waals surface area contributed by atoms with E-state index in [1.54, 1.807) is 13.8 Å². The van der Waals surface area contributed by atoms with Gasteiger partial charge in [0.15, 0.2) is 0 Å². The molecule has 1 atom stereocenters. The van der Waals surface area contributed by atoms with E-state index in [4.69, 9.17) is 0 Å². The Morgan fingerprint density at radius 3 is 2.33 bits per heavy atom. The maximum Gasteiger partial charge on any atom is 0.304 e. The van der Waals surface area contributed by atoms with E-state index >= 15 is 0 Å². The molecule has 8 heteroatoms. The Hall–Kier alpha value is -2.51. The van der Waals surface area contributed by atoms with Crippen molar-refractivity contribution >= 4 is 17.5 Å². The predicted molar refractivity (Wildman–Crippen MR) is 73.3 cm³/mol. The Balaban J connectivity index is 2.78. The zero-order valence-corrected chi connectivity index (χ0v) is 11.8. The Morgan fingerprint density at radius 1 is 1.24 bits per heavy atom. The highest BCUT2D eigenvalue weighted by molar-refractivity contribution is 5.97. The summed E-state index contributed by atoms with van der Waals surface area (Å²) < 4.78 is 13.4. The molecule has 1 aromatic rings. The fourth-order valence-electron chi connectivity index (χ4n) is 1.55. The molecule has 0 aliphatic rings. The molecule has 114 valence electrons. The molecule has 1 aromatic carbocycles. The molecule has 0 radical (unpaired) electrons. The van der Waals surface area contributed by atoms with Crippen molar-refractivity contribution in [2.24, 2.45) is 0 Å². The van der Waals surface area contributed by atoms with E-state index in [9.17, 15) is 24.1 Å². The Bertz CT molecular complexity index is 575. The van der Waals surface area contributed by atoms with Crippen molar-refractivity contribution in [2.75, 3.05) is 0 Å². The zero-order chi connectivity index (χ0) is 16.2. The van der Waals surface area contributed by atoms with Crippen LogP contribution in [0.25, 0.3) is 0 Å². The van der Waals surface area contributed by atoms with E-state index in [-0.39, 0.29) is 17.5 Å². The highest BCUT2D eigenvalue weighted by Crippen LogP contribution is 2.17. The van der Waals surface area contributed by atoms with E-state index in [1.807, 2.05) is 0 Å². The lowest BCUT2D eigenvalue weighted by Gasteiger charge is -2.16. The SMILES string of the molecule is CC(C)NC(=O)C(C)NC(=O)c1ccc([N+](=O)[O-])c(F)c1. The third-order valence-corrected chi connectivity index (χ3v) is 2.58. The lowest BCUT2D eigenvalue weighted by molar-refractivity contribution is -0.387. The zero-order valence-electron chi connectivity index (χ0n) is 11.8. The summed E-state index contributed by atoms with van der Waals surface area (Å²) in [5, 5.41) is 15.5. The molecular weight excluding hydrogens is 281 g/mol. The Kier molecular flexibility index (Phi) is 5.34. The maximum absolute atomic E-state index is 13.4. The molecule has 0 saturated heterocycles. The summed E-state index contributed by atoms with van der Waals surface area (Å²) >= 11 is 0. The lowest BCUT2D eigenvalue weighted by Crippen LogP contribution is -2.46. The molecule has 0 saturated carbocycles. The standard InChI is InChI=1S/C13H16FN3O4/c1-7(2)15-12(18)8(3)16-13(19)9-4-5-11(17(20)21)10(14)6-9/h4-8H,1-3H3,(H,15,18)(H,16,19). The number of carbonyl (C=O) groups excluding carboxylic acids is 2. The van der Waals surface area contributed by atoms with Crippen LogP contribution in [0.15, 0.2) is 18.2 Å². The molecule has 0 fully saturated rings. The predicted octanol–water partition coefficient (Wildman–Crippen LogP) is 1.38. The summed E-state index contributed by atoms with van der Waals surface area (Å²) in [6.07, 6.45) is 0. The van der Waals surface area contributed by atoms with Gasteiger partial charge >= 0.3 is 5.69 Å². The normalized spacial score (nSPS) is 11.9. The quantitative estimate of drug-likeness (QED) is 0.633. The van der Waals surface area contributed by atoms with Crippen molar-refractivity contribution in [1.82, 2.24) is 10.6 Å². The number of benzene rings is 1. The monoisotopic (exact) mass is 297 g/mol. The molecule has 2 N–H and O–H groups in total. The summed E-state index contributed by atoms with van der Waals surface area (Å²) in [4.78, 5) is 33.1. The molecule has 0 aliphatic carbocycles. The molecule has 0 aromatic heterocycles. The number of nitro benzene ring substituents is 1. The van der Waals surface area contributed by atoms with Crippen LogP contribution in [0, 0.1) is 15.9 Å². The van der Waals surface area contributed by atoms with Crippen LogP contribution >= 0.6 is 0 Å². The van der Waals surface area contributed by atoms with Gasteiger partial charge in [-0.3, -0.25) is 19.7 Å². The number of nitro groups is 1. The molecule has 0 heterocycles. The first-order valence-corrected chi connectivity index (χ1v) is 6.27. The van der Waals surface area contributed by atoms with Gasteiger partial charge in [-0.15, -0.1) is 0 Å². The maximum atomic E-state index is 13.4. The number of nitrogens with one attached hydrogen (secondary N) is 2. The number of hydrogen-bond acceptors (Lipinski definition) is 4. The van der Waals surface area contributed by atoms with Crippen LogP contribution in [0.4, 0.5) is 10.1 Å². The molecule has 0 bridgehead atoms. The summed E-state index contributed by atoms with van der Waals surface area (Å²) in [7, 11) is 0. The van der Waals surface area contributed by atoms with E-state index in [2.05, 4.69) is 10.6 Å². The average Bonchev–Trinajstić information content (AvgIpc) is 2.36. The molecular formula is C13H16FN3O4. The van der Waals surface area contributed by atoms with Gasteiger partial charge < -0.3 is 10.6 Å². The van der Waals surface area contributed by atoms with Crippen LogP contribution in [0.3, 0.4) is 0 Å². The first kappa shape index (κ1) is 16.5. The van der Waals surface area contributed by atoms with Gasteiger partial charge in [-0.05, 0) is 32.9 Å². The minimum absolute atomic E-state index is 0.0753. The third kappa shape index (κ3) is 4.51. The van der Waals surface area contributed by atoms with Crippen LogP contribution in [-0.4, -0.2) is 28.8 Å². The van der Waals surface area contributed by atoms with Gasteiger partial charge in [0.1, 0.15) is 6.04 Å². The molecule has 1 rings (SSSR count). The second-order valence-electron chi connectivity index (χ2n) is 4.78. The van der Waals surface area contributed by atoms with Crippen molar-refractivity contribution < 1.29 is 18.9 Å². The smallest absolute Gasteiger partial charge is 0.304 e. The average molecular weight is 297 g/mol. The van der Waals surface area contributed by atoms with E-state index in [0.717, 1.165) is 18.2 Å². The van der Waals surface area contributed by atoms with E-state index in [1.165, 1.54) is 6.92 Å². The van der Waals surface area contributed by atoms with E-state index in [0.29, 0.717) is 0 Å². The fraction of sp³-hybridized carbons (Fsp3) is 0.385. The Labute approximate surface area is 120 Å². The van der Waals surface area contributed by atoms with Crippen LogP contribution in [0.5, 0.6) is 0 Å². The highest BCUT2D eigenvalue weighted by Gasteiger charge is 2.20. The Morgan fingerprint density at radius 2 is 1.86 bits per heavy atom. The second kappa shape index (κ2) is 6.78. The van der Waals surface area contributed by atoms with Gasteiger partial charge in [0.2, 0.25) is 11.7 Å². The van der Waals surface area contributed by atoms with Crippen LogP contribution < -0.4 is 10.6 Å². The second-order valence-corrected chi connectivity index (χ2v) is 4.78. The van der Waals surface area contributed by atoms with Crippen LogP contribution in [-0.2, 0) is 4.79 Å². The van der Waals surface area contributed by atoms with Gasteiger partial charge in [0.25, 0.3) is 5.91 Å². The molecule has 0 aliphatic heterocycles. The van der Waals surface area contributed by atoms with Crippen molar-refractivity contribution in [1.29, 1.82) is 0 Å². The molecule has 1 unspecified atom stereocenters. The topological polar surface area (TPSA) is 101 Å². The van der Waals surface area contributed by atoms with E-state index < -0.39 is 28.4 Å². The third-order valence-electron chi connectivity index (χ3n) is 2.58. The minimum Gasteiger partial charge on any atom is -0.352 e. The van der Waals surface area contributed by atoms with Crippen molar-refractivity contribution in [3.05, 3.63) is 39.7 Å². The molecule has 2 amide bonds. The number of nitrogens with zero attached hydrogens (tertiary/aromatic N) is 1. The van der Waals surface area contributed by atoms with Crippen LogP contribution in [0.2, 0.25) is 0 Å². The minimum atomic E-state index is -1.10. The number of hydrogen-bond donors (Lipinski definition) is 2. The van der Waals surface area contributed by atoms with Gasteiger partial charge in [0, 0.05) is 17.7 Å². The number of halogens is 1. The number of rotatable bonds is 5.